The van der Waals surface area contributed by atoms with Gasteiger partial charge in [-0.05, 0) is 12.1 Å². The zero-order valence-corrected chi connectivity index (χ0v) is 15.0. The van der Waals surface area contributed by atoms with Gasteiger partial charge < -0.3 is 14.6 Å². The average molecular weight is 398 g/mol. The molecule has 1 unspecified atom stereocenters. The second kappa shape index (κ2) is 6.65. The molecule has 138 valence electrons. The Morgan fingerprint density at radius 2 is 1.96 bits per heavy atom. The van der Waals surface area contributed by atoms with Crippen LogP contribution < -0.4 is 5.32 Å². The second-order valence-electron chi connectivity index (χ2n) is 5.52. The number of carbonyl (C=O) groups is 3. The van der Waals surface area contributed by atoms with Gasteiger partial charge in [-0.1, -0.05) is 18.2 Å². The number of nitrogens with zero attached hydrogens (tertiary/aromatic N) is 1. The minimum absolute atomic E-state index is 0.0712. The molecule has 0 radical (unpaired) electrons. The summed E-state index contributed by atoms with van der Waals surface area (Å²) in [5.74, 6) is -2.94. The van der Waals surface area contributed by atoms with Crippen molar-refractivity contribution in [2.75, 3.05) is 5.75 Å². The Bertz CT molecular complexity index is 911. The summed E-state index contributed by atoms with van der Waals surface area (Å²) in [6.07, 6.45) is 0. The minimum Gasteiger partial charge on any atom is -0.476 e. The quantitative estimate of drug-likeness (QED) is 0.528. The number of hydrogen-bond acceptors (Lipinski definition) is 7. The van der Waals surface area contributed by atoms with Crippen molar-refractivity contribution in [2.24, 2.45) is 0 Å². The molecule has 2 aliphatic rings. The maximum Gasteiger partial charge on any atom is 0.356 e. The number of rotatable bonds is 5. The van der Waals surface area contributed by atoms with E-state index >= 15 is 0 Å². The van der Waals surface area contributed by atoms with E-state index in [1.165, 1.54) is 31.2 Å². The predicted octanol–water partition coefficient (Wildman–Crippen LogP) is 0.108. The fourth-order valence-corrected chi connectivity index (χ4v) is 4.96. The van der Waals surface area contributed by atoms with Gasteiger partial charge in [0.25, 0.3) is 5.91 Å². The van der Waals surface area contributed by atoms with Gasteiger partial charge in [-0.15, -0.1) is 11.8 Å². The van der Waals surface area contributed by atoms with Crippen molar-refractivity contribution in [2.45, 2.75) is 23.2 Å². The molecule has 0 bridgehead atoms. The van der Waals surface area contributed by atoms with E-state index in [1.807, 2.05) is 0 Å². The normalized spacial score (nSPS) is 22.3. The third kappa shape index (κ3) is 3.15. The van der Waals surface area contributed by atoms with E-state index in [1.54, 1.807) is 6.07 Å². The minimum atomic E-state index is -4.24. The third-order valence-electron chi connectivity index (χ3n) is 3.74. The Balaban J connectivity index is 1.92. The van der Waals surface area contributed by atoms with Gasteiger partial charge in [0.2, 0.25) is 5.91 Å². The monoisotopic (exact) mass is 398 g/mol. The van der Waals surface area contributed by atoms with E-state index in [2.05, 4.69) is 5.32 Å². The van der Waals surface area contributed by atoms with E-state index in [9.17, 15) is 27.9 Å². The van der Waals surface area contributed by atoms with E-state index in [0.717, 1.165) is 16.7 Å². The number of amides is 2. The van der Waals surface area contributed by atoms with Crippen molar-refractivity contribution in [1.82, 2.24) is 10.2 Å². The number of nitrogens with one attached hydrogen (secondary N) is 1. The highest BCUT2D eigenvalue weighted by molar-refractivity contribution is 8.00. The van der Waals surface area contributed by atoms with Crippen molar-refractivity contribution in [1.29, 1.82) is 0 Å². The molecule has 26 heavy (non-hydrogen) atoms. The number of carboxylic acid groups (broad SMARTS) is 1. The van der Waals surface area contributed by atoms with Crippen LogP contribution in [-0.4, -0.2) is 53.4 Å². The summed E-state index contributed by atoms with van der Waals surface area (Å²) in [4.78, 5) is 35.8. The van der Waals surface area contributed by atoms with Crippen LogP contribution in [0.15, 0.2) is 46.7 Å². The zero-order valence-electron chi connectivity index (χ0n) is 13.4. The SMILES string of the molecule is CC(=O)NC1C(=O)N2C(C(=O)O)=C(OS(=O)(=O)c3ccccc3)CS[C@H]12. The molecule has 2 aliphatic heterocycles. The van der Waals surface area contributed by atoms with E-state index < -0.39 is 45.0 Å². The van der Waals surface area contributed by atoms with E-state index in [-0.39, 0.29) is 16.4 Å². The van der Waals surface area contributed by atoms with Crippen LogP contribution in [0.2, 0.25) is 0 Å². The molecule has 9 nitrogen and oxygen atoms in total. The summed E-state index contributed by atoms with van der Waals surface area (Å²) in [7, 11) is -4.24. The van der Waals surface area contributed by atoms with Crippen LogP contribution in [0.3, 0.4) is 0 Å². The van der Waals surface area contributed by atoms with Crippen molar-refractivity contribution < 1.29 is 32.1 Å². The van der Waals surface area contributed by atoms with Gasteiger partial charge in [-0.3, -0.25) is 14.5 Å². The maximum atomic E-state index is 12.3. The molecule has 2 atom stereocenters. The zero-order chi connectivity index (χ0) is 19.1. The van der Waals surface area contributed by atoms with Crippen molar-refractivity contribution in [3.05, 3.63) is 41.8 Å². The van der Waals surface area contributed by atoms with Gasteiger partial charge >= 0.3 is 16.1 Å². The van der Waals surface area contributed by atoms with Crippen LogP contribution in [0.4, 0.5) is 0 Å². The van der Waals surface area contributed by atoms with Crippen LogP contribution in [0.1, 0.15) is 6.92 Å². The molecule has 1 fully saturated rings. The number of β-lactam (4-membered cyclic amide) rings is 1. The van der Waals surface area contributed by atoms with Crippen LogP contribution in [0.25, 0.3) is 0 Å². The number of carboxylic acids is 1. The van der Waals surface area contributed by atoms with Gasteiger partial charge in [0.1, 0.15) is 16.3 Å². The predicted molar refractivity (Wildman–Crippen MR) is 90.1 cm³/mol. The summed E-state index contributed by atoms with van der Waals surface area (Å²) in [5, 5.41) is 11.3. The number of fused-ring (bicyclic) bond motifs is 1. The highest BCUT2D eigenvalue weighted by atomic mass is 32.2. The standard InChI is InChI=1S/C15H14N2O7S2/c1-8(18)16-11-13(19)17-12(15(20)21)10(7-25-14(11)17)24-26(22,23)9-5-3-2-4-6-9/h2-6,11,14H,7H2,1H3,(H,16,18)(H,20,21)/t11?,14-/m1/s1. The van der Waals surface area contributed by atoms with Crippen molar-refractivity contribution >= 4 is 39.7 Å². The molecule has 1 saturated heterocycles. The molecule has 1 aromatic carbocycles. The first kappa shape index (κ1) is 18.3. The van der Waals surface area contributed by atoms with Gasteiger partial charge in [0.15, 0.2) is 11.5 Å². The smallest absolute Gasteiger partial charge is 0.356 e. The van der Waals surface area contributed by atoms with Gasteiger partial charge in [0, 0.05) is 6.92 Å². The number of carbonyl (C=O) groups excluding carboxylic acids is 2. The largest absolute Gasteiger partial charge is 0.476 e. The van der Waals surface area contributed by atoms with Crippen LogP contribution in [-0.2, 0) is 28.7 Å². The second-order valence-corrected chi connectivity index (χ2v) is 8.17. The maximum absolute atomic E-state index is 12.3. The summed E-state index contributed by atoms with van der Waals surface area (Å²) < 4.78 is 29.7. The fourth-order valence-electron chi connectivity index (χ4n) is 2.64. The number of aliphatic carboxylic acids is 1. The van der Waals surface area contributed by atoms with Crippen LogP contribution >= 0.6 is 11.8 Å². The molecule has 2 heterocycles. The van der Waals surface area contributed by atoms with Gasteiger partial charge in [-0.25, -0.2) is 4.79 Å². The fraction of sp³-hybridized carbons (Fsp3) is 0.267. The molecule has 11 heteroatoms. The molecule has 3 rings (SSSR count). The lowest BCUT2D eigenvalue weighted by atomic mass is 10.0. The molecular formula is C15H14N2O7S2. The Labute approximate surface area is 153 Å². The van der Waals surface area contributed by atoms with Crippen LogP contribution in [0.5, 0.6) is 0 Å². The molecule has 0 saturated carbocycles. The summed E-state index contributed by atoms with van der Waals surface area (Å²) >= 11 is 1.11. The van der Waals surface area contributed by atoms with Crippen molar-refractivity contribution in [3.63, 3.8) is 0 Å². The Morgan fingerprint density at radius 3 is 2.54 bits per heavy atom. The number of hydrogen-bond donors (Lipinski definition) is 2. The lowest BCUT2D eigenvalue weighted by molar-refractivity contribution is -0.150. The average Bonchev–Trinajstić information content (AvgIpc) is 2.59. The van der Waals surface area contributed by atoms with Crippen LogP contribution in [0, 0.1) is 0 Å². The van der Waals surface area contributed by atoms with E-state index in [0.29, 0.717) is 0 Å². The summed E-state index contributed by atoms with van der Waals surface area (Å²) in [6, 6.07) is 6.42. The molecule has 2 amide bonds. The first-order chi connectivity index (χ1) is 12.2. The molecule has 2 N–H and O–H groups in total. The molecule has 1 aromatic rings. The highest BCUT2D eigenvalue weighted by Crippen LogP contribution is 2.41. The Morgan fingerprint density at radius 1 is 1.31 bits per heavy atom. The lowest BCUT2D eigenvalue weighted by Crippen LogP contribution is -2.70. The first-order valence-corrected chi connectivity index (χ1v) is 9.86. The van der Waals surface area contributed by atoms with Crippen molar-refractivity contribution in [3.8, 4) is 0 Å². The Kier molecular flexibility index (Phi) is 4.67. The van der Waals surface area contributed by atoms with Gasteiger partial charge in [0.05, 0.1) is 5.75 Å². The van der Waals surface area contributed by atoms with E-state index in [4.69, 9.17) is 4.18 Å². The molecule has 0 aromatic heterocycles. The third-order valence-corrected chi connectivity index (χ3v) is 6.26. The number of thioether (sulfide) groups is 1. The summed E-state index contributed by atoms with van der Waals surface area (Å²) in [5.41, 5.74) is -0.528. The molecule has 0 aliphatic carbocycles. The molecule has 0 spiro atoms. The lowest BCUT2D eigenvalue weighted by Gasteiger charge is -2.48. The Hall–Kier alpha value is -2.53. The number of benzene rings is 1. The first-order valence-electron chi connectivity index (χ1n) is 7.40. The molecular weight excluding hydrogens is 384 g/mol. The topological polar surface area (TPSA) is 130 Å². The highest BCUT2D eigenvalue weighted by Gasteiger charge is 2.55. The van der Waals surface area contributed by atoms with Gasteiger partial charge in [-0.2, -0.15) is 8.42 Å². The summed E-state index contributed by atoms with van der Waals surface area (Å²) in [6.45, 7) is 1.25.